The summed E-state index contributed by atoms with van der Waals surface area (Å²) in [6.07, 6.45) is 13.8. The summed E-state index contributed by atoms with van der Waals surface area (Å²) in [4.78, 5) is 101. The molecule has 2 atom stereocenters. The summed E-state index contributed by atoms with van der Waals surface area (Å²) in [5.41, 5.74) is 1.50. The molecule has 6 heterocycles. The molecule has 0 aromatic carbocycles. The van der Waals surface area contributed by atoms with Gasteiger partial charge < -0.3 is 105 Å². The highest BCUT2D eigenvalue weighted by Gasteiger charge is 2.29. The Kier molecular flexibility index (Phi) is 51.7. The quantitative estimate of drug-likeness (QED) is 0.00685. The zero-order chi connectivity index (χ0) is 81.3. The zero-order valence-electron chi connectivity index (χ0n) is 65.0. The molecule has 5 N–H and O–H groups in total. The van der Waals surface area contributed by atoms with E-state index in [2.05, 4.69) is 64.8 Å². The molecule has 37 nitrogen and oxygen atoms in total. The smallest absolute Gasteiger partial charge is 0.331 e. The third-order valence-electron chi connectivity index (χ3n) is 15.8. The largest absolute Gasteiger partial charge is 0.469 e. The Morgan fingerprint density at radius 2 is 0.771 bits per heavy atom. The number of aliphatic hydroxyl groups excluding tert-OH is 1. The van der Waals surface area contributed by atoms with Crippen LogP contribution in [-0.4, -0.2) is 288 Å². The minimum absolute atomic E-state index is 0.00575. The van der Waals surface area contributed by atoms with Crippen LogP contribution in [0.4, 0.5) is 11.6 Å². The minimum atomic E-state index is -4.09. The van der Waals surface area contributed by atoms with Gasteiger partial charge in [0.25, 0.3) is 0 Å². The van der Waals surface area contributed by atoms with Gasteiger partial charge in [-0.2, -0.15) is 0 Å². The standard InChI is InChI=1S/C18H31ClN5O5P.C18H29ClN5O5P.C14H23ClN5O5P.C13H28NO6P.C2H6/c2*1-4-28-30(26,29-5-2)12-11-23(8-6-7-15(25)27-3)9-10-24-14-22-16-17(19)20-13-21-18(16)24;1-25-11(21)3-2-4-19(7-8-26(22,23)24)5-6-20-10-18-12-13(15)16-9-17-14(12)20;1-4-19-21(17,20-5-2)12-10-14(9-11-15)8-6-7-13(16)18-3;1-2/h13-14,17H,4-12H2,1-3H3,(H,20,21);13-14H,4-12H2,1-3H3;9-10,13H,2-8H2,1H3,(H,16,17)(H2,22,23,24);15H,4-12H2,1-3H3;1-2H3. The van der Waals surface area contributed by atoms with Gasteiger partial charge in [0.05, 0.1) is 131 Å². The van der Waals surface area contributed by atoms with Crippen LogP contribution in [0.2, 0.25) is 5.15 Å². The first-order valence-corrected chi connectivity index (χ1v) is 44.6. The molecule has 2 unspecified atom stereocenters. The second-order valence-electron chi connectivity index (χ2n) is 23.3. The number of nitrogens with zero attached hydrogens (tertiary/aromatic N) is 14. The summed E-state index contributed by atoms with van der Waals surface area (Å²) in [5.74, 6) is 0.507. The van der Waals surface area contributed by atoms with Crippen molar-refractivity contribution in [1.82, 2.24) is 58.2 Å². The maximum atomic E-state index is 12.8. The minimum Gasteiger partial charge on any atom is -0.469 e. The van der Waals surface area contributed by atoms with E-state index in [0.29, 0.717) is 204 Å². The van der Waals surface area contributed by atoms with Crippen LogP contribution in [0, 0.1) is 0 Å². The summed E-state index contributed by atoms with van der Waals surface area (Å²) in [5, 5.41) is 15.5. The van der Waals surface area contributed by atoms with Crippen LogP contribution in [0.3, 0.4) is 0 Å². The predicted octanol–water partition coefficient (Wildman–Crippen LogP) is 9.63. The summed E-state index contributed by atoms with van der Waals surface area (Å²) in [6.45, 7) is 24.9. The Morgan fingerprint density at radius 3 is 1.08 bits per heavy atom. The van der Waals surface area contributed by atoms with Crippen molar-refractivity contribution in [3.8, 4) is 0 Å². The first kappa shape index (κ1) is 100. The Hall–Kier alpha value is -4.94. The highest BCUT2D eigenvalue weighted by atomic mass is 35.5. The van der Waals surface area contributed by atoms with Crippen molar-refractivity contribution in [2.45, 2.75) is 137 Å². The highest BCUT2D eigenvalue weighted by Crippen LogP contribution is 2.49. The molecule has 0 bridgehead atoms. The molecule has 0 spiro atoms. The molecule has 0 saturated carbocycles. The molecule has 0 aliphatic carbocycles. The average Bonchev–Trinajstić information content (AvgIpc) is 1.69. The molecule has 4 aromatic rings. The van der Waals surface area contributed by atoms with Crippen molar-refractivity contribution in [3.05, 3.63) is 41.9 Å². The number of nitrogens with one attached hydrogen (secondary N) is 2. The molecule has 0 radical (unpaired) electrons. The predicted molar refractivity (Wildman–Crippen MR) is 419 cm³/mol. The van der Waals surface area contributed by atoms with E-state index in [1.54, 1.807) is 66.9 Å². The molecule has 2 aliphatic rings. The van der Waals surface area contributed by atoms with Gasteiger partial charge in [0.1, 0.15) is 34.9 Å². The second-order valence-corrected chi connectivity index (χ2v) is 32.9. The number of fused-ring (bicyclic) bond motifs is 3. The fourth-order valence-corrected chi connectivity index (χ4v) is 16.5. The van der Waals surface area contributed by atoms with E-state index < -0.39 is 41.4 Å². The molecule has 624 valence electrons. The maximum absolute atomic E-state index is 12.8. The van der Waals surface area contributed by atoms with Gasteiger partial charge in [-0.25, -0.2) is 34.9 Å². The number of halogens is 3. The molecular weight excluding hydrogens is 1570 g/mol. The van der Waals surface area contributed by atoms with E-state index in [-0.39, 0.29) is 68.1 Å². The van der Waals surface area contributed by atoms with Crippen LogP contribution in [0.25, 0.3) is 11.2 Å². The first-order valence-electron chi connectivity index (χ1n) is 36.4. The first-order chi connectivity index (χ1) is 52.1. The number of methoxy groups -OCH3 is 4. The summed E-state index contributed by atoms with van der Waals surface area (Å²) in [7, 11) is -8.01. The number of carbonyl (C=O) groups is 4. The van der Waals surface area contributed by atoms with Crippen LogP contribution in [-0.2, 0) is 103 Å². The monoisotopic (exact) mass is 1690 g/mol. The lowest BCUT2D eigenvalue weighted by molar-refractivity contribution is -0.141. The molecule has 0 fully saturated rings. The van der Waals surface area contributed by atoms with E-state index in [1.807, 2.05) is 37.3 Å². The number of esters is 4. The van der Waals surface area contributed by atoms with Crippen molar-refractivity contribution in [1.29, 1.82) is 0 Å². The Balaban J connectivity index is 0.000000494. The molecule has 0 saturated heterocycles. The molecule has 4 aromatic heterocycles. The zero-order valence-corrected chi connectivity index (χ0v) is 70.9. The summed E-state index contributed by atoms with van der Waals surface area (Å²) >= 11 is 18.3. The van der Waals surface area contributed by atoms with E-state index >= 15 is 0 Å². The van der Waals surface area contributed by atoms with Gasteiger partial charge in [-0.15, -0.1) is 0 Å². The van der Waals surface area contributed by atoms with Crippen LogP contribution < -0.4 is 10.6 Å². The Morgan fingerprint density at radius 1 is 0.459 bits per heavy atom. The van der Waals surface area contributed by atoms with Crippen molar-refractivity contribution < 1.29 is 98.4 Å². The van der Waals surface area contributed by atoms with Gasteiger partial charge in [0, 0.05) is 97.7 Å². The van der Waals surface area contributed by atoms with Gasteiger partial charge in [-0.05, 0) is 93.4 Å². The lowest BCUT2D eigenvalue weighted by atomic mass is 10.3. The number of alkyl halides is 2. The Bertz CT molecular complexity index is 3480. The number of aliphatic imine (C=N–C) groups is 2. The number of aliphatic hydroxyl groups is 1. The number of ether oxygens (including phenoxy) is 4. The van der Waals surface area contributed by atoms with Gasteiger partial charge >= 0.3 is 54.3 Å². The van der Waals surface area contributed by atoms with Gasteiger partial charge in [-0.3, -0.25) is 37.4 Å². The summed E-state index contributed by atoms with van der Waals surface area (Å²) in [6, 6.07) is 0. The SMILES string of the molecule is CC.CCOP(=O)(CCN(CCCC(=O)OC)CCn1cnc2c(Cl)ncnc21)OCC.CCOP(=O)(CCN(CCCC(=O)OC)CCn1cnc2c1NC=NC2Cl)OCC.CCOP(=O)(CCN(CCO)CCCC(=O)OC)OCC.COC(=O)CCCN(CCn1cnc2c1NC=NC2Cl)CCP(=O)(O)O. The Labute approximate surface area is 655 Å². The third kappa shape index (κ3) is 40.1. The van der Waals surface area contributed by atoms with Crippen molar-refractivity contribution in [2.24, 2.45) is 9.98 Å². The average molecular weight is 1690 g/mol. The van der Waals surface area contributed by atoms with E-state index in [9.17, 15) is 37.4 Å². The number of aromatic nitrogens is 8. The van der Waals surface area contributed by atoms with Gasteiger partial charge in [0.2, 0.25) is 0 Å². The van der Waals surface area contributed by atoms with Gasteiger partial charge in [0.15, 0.2) is 21.8 Å². The van der Waals surface area contributed by atoms with Crippen LogP contribution in [0.15, 0.2) is 35.3 Å². The normalized spacial score (nSPS) is 13.9. The van der Waals surface area contributed by atoms with E-state index in [1.165, 1.54) is 41.1 Å². The number of hydrogen-bond acceptors (Lipinski definition) is 32. The van der Waals surface area contributed by atoms with Crippen molar-refractivity contribution in [2.75, 3.05) is 189 Å². The van der Waals surface area contributed by atoms with Crippen LogP contribution in [0.1, 0.15) is 129 Å². The van der Waals surface area contributed by atoms with E-state index in [0.717, 1.165) is 11.6 Å². The molecule has 109 heavy (non-hydrogen) atoms. The molecule has 0 amide bonds. The number of carbonyl (C=O) groups excluding carboxylic acids is 4. The van der Waals surface area contributed by atoms with Crippen molar-refractivity contribution >= 4 is 125 Å². The molecular formula is C65H117Cl3N16O21P4. The number of hydrogen-bond donors (Lipinski definition) is 5. The highest BCUT2D eigenvalue weighted by molar-refractivity contribution is 7.54. The fourth-order valence-electron chi connectivity index (χ4n) is 10.5. The van der Waals surface area contributed by atoms with E-state index in [4.69, 9.17) is 86.3 Å². The van der Waals surface area contributed by atoms with Crippen LogP contribution in [0.5, 0.6) is 0 Å². The van der Waals surface area contributed by atoms with Crippen LogP contribution >= 0.6 is 65.2 Å². The lowest BCUT2D eigenvalue weighted by Crippen LogP contribution is -2.32. The number of rotatable bonds is 51. The topological polar surface area (TPSA) is 431 Å². The van der Waals surface area contributed by atoms with Gasteiger partial charge in [-0.1, -0.05) is 48.7 Å². The lowest BCUT2D eigenvalue weighted by Gasteiger charge is -2.25. The molecule has 6 rings (SSSR count). The second kappa shape index (κ2) is 56.3. The maximum Gasteiger partial charge on any atom is 0.331 e. The molecule has 44 heteroatoms. The van der Waals surface area contributed by atoms with Crippen molar-refractivity contribution in [3.63, 3.8) is 0 Å². The number of imidazole rings is 3. The molecule has 2 aliphatic heterocycles. The summed E-state index contributed by atoms with van der Waals surface area (Å²) < 4.78 is 105. The fraction of sp³-hybridized carbons (Fsp3) is 0.738. The number of anilines is 2. The third-order valence-corrected chi connectivity index (χ3v) is 23.7.